The van der Waals surface area contributed by atoms with Gasteiger partial charge >= 0.3 is 0 Å². The van der Waals surface area contributed by atoms with E-state index < -0.39 is 0 Å². The van der Waals surface area contributed by atoms with Crippen molar-refractivity contribution in [1.29, 1.82) is 5.41 Å². The lowest BCUT2D eigenvalue weighted by atomic mass is 10.4. The maximum Gasteiger partial charge on any atom is 0.0815 e. The summed E-state index contributed by atoms with van der Waals surface area (Å²) in [6.45, 7) is 3.80. The van der Waals surface area contributed by atoms with Gasteiger partial charge in [0.05, 0.1) is 6.04 Å². The predicted octanol–water partition coefficient (Wildman–Crippen LogP) is 1.67. The molecular formula is C7H12N2. The van der Waals surface area contributed by atoms with Crippen molar-refractivity contribution in [2.75, 3.05) is 0 Å². The summed E-state index contributed by atoms with van der Waals surface area (Å²) >= 11 is 0. The molecule has 1 atom stereocenters. The topological polar surface area (TPSA) is 36.2 Å². The second kappa shape index (κ2) is 5.22. The van der Waals surface area contributed by atoms with E-state index in [-0.39, 0.29) is 6.04 Å². The Morgan fingerprint density at radius 2 is 2.22 bits per heavy atom. The number of hydrogen-bond donors (Lipinski definition) is 1. The van der Waals surface area contributed by atoms with Gasteiger partial charge in [0, 0.05) is 12.4 Å². The van der Waals surface area contributed by atoms with Crippen molar-refractivity contribution in [3.63, 3.8) is 0 Å². The predicted molar refractivity (Wildman–Crippen MR) is 41.6 cm³/mol. The van der Waals surface area contributed by atoms with E-state index in [2.05, 4.69) is 4.99 Å². The molecule has 0 aromatic carbocycles. The van der Waals surface area contributed by atoms with E-state index in [9.17, 15) is 0 Å². The van der Waals surface area contributed by atoms with E-state index in [1.807, 2.05) is 26.0 Å². The fourth-order valence-electron chi connectivity index (χ4n) is 0.315. The van der Waals surface area contributed by atoms with Gasteiger partial charge in [-0.15, -0.1) is 0 Å². The molecule has 2 nitrogen and oxygen atoms in total. The molecule has 50 valence electrons. The highest BCUT2D eigenvalue weighted by molar-refractivity contribution is 5.74. The average molecular weight is 124 g/mol. The summed E-state index contributed by atoms with van der Waals surface area (Å²) in [6, 6.07) is 0.0150. The quantitative estimate of drug-likeness (QED) is 0.556. The minimum Gasteiger partial charge on any atom is -0.311 e. The Bertz CT molecular complexity index is 125. The molecule has 9 heavy (non-hydrogen) atoms. The molecule has 0 fully saturated rings. The van der Waals surface area contributed by atoms with E-state index in [1.54, 1.807) is 6.21 Å². The van der Waals surface area contributed by atoms with Crippen LogP contribution in [0.4, 0.5) is 0 Å². The molecule has 0 aliphatic rings. The Balaban J connectivity index is 3.55. The van der Waals surface area contributed by atoms with Crippen molar-refractivity contribution in [2.45, 2.75) is 19.9 Å². The first-order chi connectivity index (χ1) is 4.31. The van der Waals surface area contributed by atoms with Gasteiger partial charge in [-0.25, -0.2) is 0 Å². The molecule has 0 heterocycles. The first-order valence-electron chi connectivity index (χ1n) is 2.96. The molecular weight excluding hydrogens is 112 g/mol. The van der Waals surface area contributed by atoms with E-state index >= 15 is 0 Å². The second-order valence-electron chi connectivity index (χ2n) is 1.73. The van der Waals surface area contributed by atoms with Crippen LogP contribution in [0.25, 0.3) is 0 Å². The van der Waals surface area contributed by atoms with Crippen LogP contribution in [0.2, 0.25) is 0 Å². The van der Waals surface area contributed by atoms with Crippen molar-refractivity contribution in [3.05, 3.63) is 12.2 Å². The van der Waals surface area contributed by atoms with E-state index in [0.717, 1.165) is 0 Å². The number of aliphatic imine (C=N–C) groups is 1. The minimum absolute atomic E-state index is 0.0150. The molecule has 0 aromatic rings. The molecule has 0 bridgehead atoms. The number of allylic oxidation sites excluding steroid dienone is 2. The van der Waals surface area contributed by atoms with Gasteiger partial charge in [0.1, 0.15) is 0 Å². The van der Waals surface area contributed by atoms with Crippen molar-refractivity contribution in [3.8, 4) is 0 Å². The number of hydrogen-bond acceptors (Lipinski definition) is 2. The van der Waals surface area contributed by atoms with Gasteiger partial charge < -0.3 is 5.41 Å². The minimum atomic E-state index is 0.0150. The van der Waals surface area contributed by atoms with Crippen LogP contribution in [0.15, 0.2) is 17.1 Å². The van der Waals surface area contributed by atoms with E-state index in [0.29, 0.717) is 0 Å². The van der Waals surface area contributed by atoms with Gasteiger partial charge in [-0.1, -0.05) is 6.08 Å². The Hall–Kier alpha value is -0.920. The molecule has 0 aromatic heterocycles. The first kappa shape index (κ1) is 8.08. The van der Waals surface area contributed by atoms with Crippen LogP contribution in [0.1, 0.15) is 13.8 Å². The smallest absolute Gasteiger partial charge is 0.0815 e. The van der Waals surface area contributed by atoms with Crippen LogP contribution < -0.4 is 0 Å². The third-order valence-electron chi connectivity index (χ3n) is 0.841. The Kier molecular flexibility index (Phi) is 4.69. The summed E-state index contributed by atoms with van der Waals surface area (Å²) in [7, 11) is 0. The van der Waals surface area contributed by atoms with Gasteiger partial charge in [-0.2, -0.15) is 0 Å². The Labute approximate surface area is 55.8 Å². The molecule has 0 saturated carbocycles. The maximum absolute atomic E-state index is 6.78. The van der Waals surface area contributed by atoms with Crippen molar-refractivity contribution in [2.24, 2.45) is 4.99 Å². The van der Waals surface area contributed by atoms with Crippen LogP contribution in [0, 0.1) is 5.41 Å². The summed E-state index contributed by atoms with van der Waals surface area (Å²) in [5, 5.41) is 6.78. The average Bonchev–Trinajstić information content (AvgIpc) is 1.89. The molecule has 0 radical (unpaired) electrons. The highest BCUT2D eigenvalue weighted by Crippen LogP contribution is 1.80. The van der Waals surface area contributed by atoms with Gasteiger partial charge in [0.2, 0.25) is 0 Å². The SMILES string of the molecule is C/C=C\C=NC(C)C=N. The van der Waals surface area contributed by atoms with Crippen LogP contribution >= 0.6 is 0 Å². The lowest BCUT2D eigenvalue weighted by molar-refractivity contribution is 0.996. The van der Waals surface area contributed by atoms with Gasteiger partial charge in [0.15, 0.2) is 0 Å². The fourth-order valence-corrected chi connectivity index (χ4v) is 0.315. The molecule has 0 aliphatic carbocycles. The monoisotopic (exact) mass is 124 g/mol. The zero-order valence-corrected chi connectivity index (χ0v) is 5.83. The summed E-state index contributed by atoms with van der Waals surface area (Å²) in [6.07, 6.45) is 6.76. The highest BCUT2D eigenvalue weighted by Gasteiger charge is 1.84. The normalized spacial score (nSPS) is 14.9. The van der Waals surface area contributed by atoms with Gasteiger partial charge in [-0.3, -0.25) is 4.99 Å². The number of nitrogens with zero attached hydrogens (tertiary/aromatic N) is 1. The van der Waals surface area contributed by atoms with Crippen LogP contribution in [0.3, 0.4) is 0 Å². The van der Waals surface area contributed by atoms with Crippen molar-refractivity contribution in [1.82, 2.24) is 0 Å². The molecule has 0 saturated heterocycles. The van der Waals surface area contributed by atoms with Gasteiger partial charge in [-0.05, 0) is 19.9 Å². The largest absolute Gasteiger partial charge is 0.311 e. The fraction of sp³-hybridized carbons (Fsp3) is 0.429. The van der Waals surface area contributed by atoms with E-state index in [4.69, 9.17) is 5.41 Å². The zero-order chi connectivity index (χ0) is 7.11. The number of nitrogens with one attached hydrogen (secondary N) is 1. The second-order valence-corrected chi connectivity index (χ2v) is 1.73. The summed E-state index contributed by atoms with van der Waals surface area (Å²) in [5.41, 5.74) is 0. The Morgan fingerprint density at radius 1 is 1.56 bits per heavy atom. The standard InChI is InChI=1S/C7H12N2/c1-3-4-5-9-7(2)6-8/h3-8H,1-2H3/b4-3-,8-6?,9-5?. The van der Waals surface area contributed by atoms with Crippen molar-refractivity contribution >= 4 is 12.4 Å². The molecule has 1 N–H and O–H groups in total. The van der Waals surface area contributed by atoms with Crippen LogP contribution in [-0.4, -0.2) is 18.5 Å². The third kappa shape index (κ3) is 4.94. The molecule has 2 heteroatoms. The first-order valence-corrected chi connectivity index (χ1v) is 2.96. The van der Waals surface area contributed by atoms with Gasteiger partial charge in [0.25, 0.3) is 0 Å². The molecule has 0 rings (SSSR count). The zero-order valence-electron chi connectivity index (χ0n) is 5.83. The van der Waals surface area contributed by atoms with Crippen molar-refractivity contribution < 1.29 is 0 Å². The lowest BCUT2D eigenvalue weighted by Gasteiger charge is -1.90. The van der Waals surface area contributed by atoms with Crippen LogP contribution in [-0.2, 0) is 0 Å². The van der Waals surface area contributed by atoms with E-state index in [1.165, 1.54) is 6.21 Å². The number of rotatable bonds is 3. The lowest BCUT2D eigenvalue weighted by Crippen LogP contribution is -1.96. The molecule has 0 spiro atoms. The maximum atomic E-state index is 6.78. The summed E-state index contributed by atoms with van der Waals surface area (Å²) in [4.78, 5) is 3.98. The molecule has 1 unspecified atom stereocenters. The Morgan fingerprint density at radius 3 is 2.67 bits per heavy atom. The summed E-state index contributed by atoms with van der Waals surface area (Å²) < 4.78 is 0. The van der Waals surface area contributed by atoms with Crippen LogP contribution in [0.5, 0.6) is 0 Å². The molecule has 0 aliphatic heterocycles. The highest BCUT2D eigenvalue weighted by atomic mass is 14.8. The third-order valence-corrected chi connectivity index (χ3v) is 0.841. The summed E-state index contributed by atoms with van der Waals surface area (Å²) in [5.74, 6) is 0. The molecule has 0 amide bonds.